The quantitative estimate of drug-likeness (QED) is 0.670. The number of halogens is 4. The molecule has 2 aromatic carbocycles. The van der Waals surface area contributed by atoms with Crippen LogP contribution in [-0.4, -0.2) is 11.3 Å². The largest absolute Gasteiger partial charge is 0.573 e. The van der Waals surface area contributed by atoms with Gasteiger partial charge in [0.2, 0.25) is 0 Å². The van der Waals surface area contributed by atoms with E-state index in [1.54, 1.807) is 24.4 Å². The molecule has 0 saturated heterocycles. The Morgan fingerprint density at radius 2 is 1.62 bits per heavy atom. The van der Waals surface area contributed by atoms with Gasteiger partial charge < -0.3 is 9.72 Å². The molecule has 3 rings (SSSR count). The van der Waals surface area contributed by atoms with Gasteiger partial charge in [0.05, 0.1) is 0 Å². The molecule has 0 saturated carbocycles. The summed E-state index contributed by atoms with van der Waals surface area (Å²) in [5.41, 5.74) is 1.46. The topological polar surface area (TPSA) is 25.0 Å². The van der Waals surface area contributed by atoms with Gasteiger partial charge in [0, 0.05) is 22.7 Å². The fourth-order valence-corrected chi connectivity index (χ4v) is 2.16. The van der Waals surface area contributed by atoms with E-state index in [2.05, 4.69) is 9.72 Å². The molecule has 0 aliphatic heterocycles. The van der Waals surface area contributed by atoms with Gasteiger partial charge in [0.1, 0.15) is 11.6 Å². The van der Waals surface area contributed by atoms with E-state index in [-0.39, 0.29) is 5.75 Å². The molecule has 3 aromatic rings. The molecule has 1 heterocycles. The first kappa shape index (κ1) is 13.5. The van der Waals surface area contributed by atoms with Crippen molar-refractivity contribution in [2.24, 2.45) is 0 Å². The zero-order chi connectivity index (χ0) is 15.0. The first-order chi connectivity index (χ1) is 9.94. The molecule has 0 unspecified atom stereocenters. The van der Waals surface area contributed by atoms with E-state index >= 15 is 0 Å². The number of aromatic amines is 1. The molecule has 0 atom stereocenters. The molecule has 0 amide bonds. The predicted octanol–water partition coefficient (Wildman–Crippen LogP) is 4.87. The number of benzene rings is 2. The van der Waals surface area contributed by atoms with Gasteiger partial charge in [-0.1, -0.05) is 12.1 Å². The lowest BCUT2D eigenvalue weighted by Gasteiger charge is -2.10. The Hall–Kier alpha value is -2.50. The summed E-state index contributed by atoms with van der Waals surface area (Å²) in [6.45, 7) is 0. The van der Waals surface area contributed by atoms with Crippen molar-refractivity contribution in [3.8, 4) is 16.9 Å². The second-order valence-electron chi connectivity index (χ2n) is 4.44. The van der Waals surface area contributed by atoms with Crippen LogP contribution < -0.4 is 4.74 Å². The zero-order valence-corrected chi connectivity index (χ0v) is 10.5. The standard InChI is InChI=1S/C15H9F4NO/c16-14-11(5-6-13-12(14)7-8-20-13)9-1-3-10(4-2-9)21-15(17,18)19/h1-8,20H. The van der Waals surface area contributed by atoms with E-state index < -0.39 is 12.2 Å². The van der Waals surface area contributed by atoms with Gasteiger partial charge in [-0.3, -0.25) is 0 Å². The van der Waals surface area contributed by atoms with Crippen molar-refractivity contribution in [3.05, 3.63) is 54.5 Å². The monoisotopic (exact) mass is 295 g/mol. The van der Waals surface area contributed by atoms with E-state index in [0.717, 1.165) is 12.1 Å². The van der Waals surface area contributed by atoms with Gasteiger partial charge in [-0.15, -0.1) is 13.2 Å². The highest BCUT2D eigenvalue weighted by Crippen LogP contribution is 2.30. The molecule has 0 aliphatic carbocycles. The summed E-state index contributed by atoms with van der Waals surface area (Å²) in [6, 6.07) is 9.99. The number of H-pyrrole nitrogens is 1. The van der Waals surface area contributed by atoms with Crippen molar-refractivity contribution in [2.45, 2.75) is 6.36 Å². The van der Waals surface area contributed by atoms with Crippen LogP contribution in [0.15, 0.2) is 48.7 Å². The highest BCUT2D eigenvalue weighted by atomic mass is 19.4. The fourth-order valence-electron chi connectivity index (χ4n) is 2.16. The number of hydrogen-bond donors (Lipinski definition) is 1. The Labute approximate surface area is 117 Å². The minimum Gasteiger partial charge on any atom is -0.406 e. The molecule has 0 radical (unpaired) electrons. The van der Waals surface area contributed by atoms with Crippen molar-refractivity contribution in [2.75, 3.05) is 0 Å². The minimum atomic E-state index is -4.74. The Kier molecular flexibility index (Phi) is 3.08. The highest BCUT2D eigenvalue weighted by molar-refractivity contribution is 5.86. The third-order valence-electron chi connectivity index (χ3n) is 3.07. The molecule has 0 fully saturated rings. The first-order valence-electron chi connectivity index (χ1n) is 6.06. The first-order valence-corrected chi connectivity index (χ1v) is 6.06. The predicted molar refractivity (Wildman–Crippen MR) is 70.4 cm³/mol. The van der Waals surface area contributed by atoms with Crippen molar-refractivity contribution in [3.63, 3.8) is 0 Å². The molecule has 0 aliphatic rings. The van der Waals surface area contributed by atoms with Gasteiger partial charge in [-0.05, 0) is 35.9 Å². The van der Waals surface area contributed by atoms with E-state index in [1.165, 1.54) is 12.1 Å². The second kappa shape index (κ2) is 4.80. The average Bonchev–Trinajstić information content (AvgIpc) is 2.88. The highest BCUT2D eigenvalue weighted by Gasteiger charge is 2.31. The zero-order valence-electron chi connectivity index (χ0n) is 10.5. The SMILES string of the molecule is Fc1c(-c2ccc(OC(F)(F)F)cc2)ccc2[nH]ccc12. The van der Waals surface area contributed by atoms with Crippen LogP contribution in [0, 0.1) is 5.82 Å². The Bertz CT molecular complexity index is 774. The van der Waals surface area contributed by atoms with Gasteiger partial charge in [0.15, 0.2) is 0 Å². The number of nitrogens with one attached hydrogen (secondary N) is 1. The Balaban J connectivity index is 1.97. The molecule has 21 heavy (non-hydrogen) atoms. The molecular formula is C15H9F4NO. The van der Waals surface area contributed by atoms with Crippen LogP contribution in [0.2, 0.25) is 0 Å². The van der Waals surface area contributed by atoms with Crippen LogP contribution in [0.3, 0.4) is 0 Å². The van der Waals surface area contributed by atoms with E-state index in [1.807, 2.05) is 0 Å². The molecule has 6 heteroatoms. The molecule has 2 nitrogen and oxygen atoms in total. The number of hydrogen-bond acceptors (Lipinski definition) is 1. The molecule has 1 aromatic heterocycles. The Morgan fingerprint density at radius 3 is 2.29 bits per heavy atom. The van der Waals surface area contributed by atoms with Crippen molar-refractivity contribution in [1.82, 2.24) is 4.98 Å². The van der Waals surface area contributed by atoms with E-state index in [0.29, 0.717) is 22.0 Å². The van der Waals surface area contributed by atoms with Crippen molar-refractivity contribution < 1.29 is 22.3 Å². The average molecular weight is 295 g/mol. The molecular weight excluding hydrogens is 286 g/mol. The molecule has 1 N–H and O–H groups in total. The summed E-state index contributed by atoms with van der Waals surface area (Å²) < 4.78 is 54.4. The number of aromatic nitrogens is 1. The van der Waals surface area contributed by atoms with Crippen LogP contribution in [0.5, 0.6) is 5.75 Å². The Morgan fingerprint density at radius 1 is 0.905 bits per heavy atom. The van der Waals surface area contributed by atoms with Gasteiger partial charge >= 0.3 is 6.36 Å². The second-order valence-corrected chi connectivity index (χ2v) is 4.44. The summed E-state index contributed by atoms with van der Waals surface area (Å²) in [6.07, 6.45) is -3.12. The maximum Gasteiger partial charge on any atom is 0.573 e. The summed E-state index contributed by atoms with van der Waals surface area (Å²) in [4.78, 5) is 2.89. The van der Waals surface area contributed by atoms with E-state index in [9.17, 15) is 17.6 Å². The lowest BCUT2D eigenvalue weighted by Crippen LogP contribution is -2.16. The normalized spacial score (nSPS) is 11.8. The minimum absolute atomic E-state index is 0.320. The smallest absolute Gasteiger partial charge is 0.406 e. The van der Waals surface area contributed by atoms with Crippen molar-refractivity contribution in [1.29, 1.82) is 0 Å². The third-order valence-corrected chi connectivity index (χ3v) is 3.07. The summed E-state index contributed by atoms with van der Waals surface area (Å²) in [5.74, 6) is -0.757. The van der Waals surface area contributed by atoms with Crippen LogP contribution in [0.1, 0.15) is 0 Å². The maximum absolute atomic E-state index is 14.3. The van der Waals surface area contributed by atoms with Gasteiger partial charge in [-0.2, -0.15) is 0 Å². The number of alkyl halides is 3. The van der Waals surface area contributed by atoms with Crippen LogP contribution in [0.25, 0.3) is 22.0 Å². The number of fused-ring (bicyclic) bond motifs is 1. The van der Waals surface area contributed by atoms with Crippen LogP contribution >= 0.6 is 0 Å². The molecule has 0 bridgehead atoms. The van der Waals surface area contributed by atoms with Crippen LogP contribution in [-0.2, 0) is 0 Å². The van der Waals surface area contributed by atoms with Crippen molar-refractivity contribution >= 4 is 10.9 Å². The summed E-state index contributed by atoms with van der Waals surface area (Å²) >= 11 is 0. The number of rotatable bonds is 2. The van der Waals surface area contributed by atoms with Gasteiger partial charge in [-0.25, -0.2) is 4.39 Å². The lowest BCUT2D eigenvalue weighted by molar-refractivity contribution is -0.274. The molecule has 108 valence electrons. The fraction of sp³-hybridized carbons (Fsp3) is 0.0667. The number of ether oxygens (including phenoxy) is 1. The van der Waals surface area contributed by atoms with Gasteiger partial charge in [0.25, 0.3) is 0 Å². The van der Waals surface area contributed by atoms with E-state index in [4.69, 9.17) is 0 Å². The summed E-state index contributed by atoms with van der Waals surface area (Å²) in [5, 5.41) is 0.433. The maximum atomic E-state index is 14.3. The third kappa shape index (κ3) is 2.69. The molecule has 0 spiro atoms. The summed E-state index contributed by atoms with van der Waals surface area (Å²) in [7, 11) is 0. The lowest BCUT2D eigenvalue weighted by atomic mass is 10.0. The van der Waals surface area contributed by atoms with Crippen LogP contribution in [0.4, 0.5) is 17.6 Å².